The van der Waals surface area contributed by atoms with E-state index in [1.165, 1.54) is 13.0 Å². The number of benzene rings is 2. The lowest BCUT2D eigenvalue weighted by Gasteiger charge is -2.12. The van der Waals surface area contributed by atoms with Gasteiger partial charge in [0.25, 0.3) is 0 Å². The maximum Gasteiger partial charge on any atom is 0.416 e. The Bertz CT molecular complexity index is 621. The van der Waals surface area contributed by atoms with Crippen LogP contribution in [0.1, 0.15) is 12.5 Å². The van der Waals surface area contributed by atoms with E-state index in [9.17, 15) is 18.0 Å². The summed E-state index contributed by atoms with van der Waals surface area (Å²) in [6.45, 7) is 1.25. The molecular weight excluding hydrogens is 267 g/mol. The lowest BCUT2D eigenvalue weighted by molar-refractivity contribution is -0.137. The van der Waals surface area contributed by atoms with Gasteiger partial charge in [0.15, 0.2) is 0 Å². The van der Waals surface area contributed by atoms with Gasteiger partial charge in [-0.2, -0.15) is 13.2 Å². The molecule has 0 radical (unpaired) electrons. The van der Waals surface area contributed by atoms with Crippen molar-refractivity contribution in [2.45, 2.75) is 13.1 Å². The van der Waals surface area contributed by atoms with Crippen LogP contribution in [0, 0.1) is 0 Å². The van der Waals surface area contributed by atoms with Crippen LogP contribution in [-0.4, -0.2) is 5.91 Å². The minimum atomic E-state index is -4.46. The summed E-state index contributed by atoms with van der Waals surface area (Å²) in [5, 5.41) is 2.39. The number of carbonyl (C=O) groups is 1. The molecule has 1 N–H and O–H groups in total. The molecule has 0 saturated carbocycles. The third kappa shape index (κ3) is 3.38. The molecule has 5 heteroatoms. The summed E-state index contributed by atoms with van der Waals surface area (Å²) in [6.07, 6.45) is -4.46. The fourth-order valence-electron chi connectivity index (χ4n) is 1.86. The van der Waals surface area contributed by atoms with Crippen molar-refractivity contribution in [2.24, 2.45) is 0 Å². The number of amides is 1. The van der Waals surface area contributed by atoms with Crippen molar-refractivity contribution >= 4 is 11.6 Å². The molecule has 0 unspecified atom stereocenters. The zero-order chi connectivity index (χ0) is 14.8. The zero-order valence-electron chi connectivity index (χ0n) is 10.7. The number of hydrogen-bond donors (Lipinski definition) is 1. The molecule has 0 aliphatic heterocycles. The maximum atomic E-state index is 12.9. The Morgan fingerprint density at radius 2 is 1.65 bits per heavy atom. The summed E-state index contributed by atoms with van der Waals surface area (Å²) in [6, 6.07) is 12.2. The topological polar surface area (TPSA) is 29.1 Å². The Labute approximate surface area is 114 Å². The summed E-state index contributed by atoms with van der Waals surface area (Å²) in [7, 11) is 0. The molecule has 0 aliphatic rings. The van der Waals surface area contributed by atoms with E-state index in [0.717, 1.165) is 12.1 Å². The van der Waals surface area contributed by atoms with Crippen LogP contribution in [0.15, 0.2) is 48.5 Å². The van der Waals surface area contributed by atoms with Crippen molar-refractivity contribution in [1.82, 2.24) is 0 Å². The largest absolute Gasteiger partial charge is 0.416 e. The molecular formula is C15H12F3NO. The van der Waals surface area contributed by atoms with Crippen LogP contribution < -0.4 is 5.32 Å². The molecule has 0 spiro atoms. The smallest absolute Gasteiger partial charge is 0.326 e. The van der Waals surface area contributed by atoms with Gasteiger partial charge in [0.05, 0.1) is 5.56 Å². The Hall–Kier alpha value is -2.30. The highest BCUT2D eigenvalue weighted by Gasteiger charge is 2.31. The van der Waals surface area contributed by atoms with Gasteiger partial charge < -0.3 is 5.32 Å². The van der Waals surface area contributed by atoms with E-state index >= 15 is 0 Å². The predicted octanol–water partition coefficient (Wildman–Crippen LogP) is 4.33. The zero-order valence-corrected chi connectivity index (χ0v) is 10.7. The van der Waals surface area contributed by atoms with Crippen molar-refractivity contribution in [2.75, 3.05) is 5.32 Å². The van der Waals surface area contributed by atoms with Gasteiger partial charge in [-0.15, -0.1) is 0 Å². The average molecular weight is 279 g/mol. The maximum absolute atomic E-state index is 12.9. The van der Waals surface area contributed by atoms with Crippen LogP contribution in [0.3, 0.4) is 0 Å². The molecule has 0 aliphatic carbocycles. The quantitative estimate of drug-likeness (QED) is 0.871. The molecule has 0 saturated heterocycles. The van der Waals surface area contributed by atoms with Crippen molar-refractivity contribution in [3.63, 3.8) is 0 Å². The Morgan fingerprint density at radius 3 is 2.20 bits per heavy atom. The molecule has 0 bridgehead atoms. The number of halogens is 3. The second kappa shape index (κ2) is 5.36. The van der Waals surface area contributed by atoms with Crippen LogP contribution >= 0.6 is 0 Å². The van der Waals surface area contributed by atoms with Crippen LogP contribution in [0.5, 0.6) is 0 Å². The Balaban J connectivity index is 2.54. The molecule has 104 valence electrons. The summed E-state index contributed by atoms with van der Waals surface area (Å²) in [5.41, 5.74) is 0.406. The summed E-state index contributed by atoms with van der Waals surface area (Å²) < 4.78 is 38.7. The number of carbonyl (C=O) groups excluding carboxylic acids is 1. The first kappa shape index (κ1) is 14.1. The van der Waals surface area contributed by atoms with E-state index in [4.69, 9.17) is 0 Å². The van der Waals surface area contributed by atoms with Gasteiger partial charge >= 0.3 is 6.18 Å². The lowest BCUT2D eigenvalue weighted by Crippen LogP contribution is -2.09. The van der Waals surface area contributed by atoms with E-state index < -0.39 is 17.6 Å². The normalized spacial score (nSPS) is 11.2. The van der Waals surface area contributed by atoms with E-state index in [2.05, 4.69) is 5.32 Å². The molecule has 2 rings (SSSR count). The van der Waals surface area contributed by atoms with E-state index in [-0.39, 0.29) is 5.69 Å². The first-order chi connectivity index (χ1) is 9.36. The van der Waals surface area contributed by atoms with Crippen molar-refractivity contribution in [3.8, 4) is 11.1 Å². The van der Waals surface area contributed by atoms with Gasteiger partial charge in [0, 0.05) is 12.6 Å². The molecule has 2 aromatic carbocycles. The number of alkyl halides is 3. The summed E-state index contributed by atoms with van der Waals surface area (Å²) in [4.78, 5) is 11.0. The van der Waals surface area contributed by atoms with Crippen LogP contribution in [-0.2, 0) is 11.0 Å². The van der Waals surface area contributed by atoms with E-state index in [1.54, 1.807) is 30.3 Å². The molecule has 1 amide bonds. The van der Waals surface area contributed by atoms with E-state index in [1.807, 2.05) is 0 Å². The highest BCUT2D eigenvalue weighted by atomic mass is 19.4. The lowest BCUT2D eigenvalue weighted by atomic mass is 10.0. The first-order valence-electron chi connectivity index (χ1n) is 5.91. The Kier molecular flexibility index (Phi) is 3.79. The van der Waals surface area contributed by atoms with Crippen molar-refractivity contribution in [3.05, 3.63) is 54.1 Å². The van der Waals surface area contributed by atoms with Gasteiger partial charge in [-0.05, 0) is 29.3 Å². The number of nitrogens with one attached hydrogen (secondary N) is 1. The van der Waals surface area contributed by atoms with Crippen LogP contribution in [0.2, 0.25) is 0 Å². The molecule has 2 aromatic rings. The second-order valence-corrected chi connectivity index (χ2v) is 4.34. The van der Waals surface area contributed by atoms with Gasteiger partial charge in [-0.25, -0.2) is 0 Å². The number of rotatable bonds is 2. The minimum absolute atomic E-state index is 0.131. The molecule has 0 fully saturated rings. The molecule has 0 heterocycles. The standard InChI is InChI=1S/C15H12F3NO/c1-10(20)19-14-8-12(11-5-3-2-4-6-11)7-13(9-14)15(16,17)18/h2-9H,1H3,(H,19,20). The van der Waals surface area contributed by atoms with Gasteiger partial charge in [0.1, 0.15) is 0 Å². The number of anilines is 1. The molecule has 0 aromatic heterocycles. The van der Waals surface area contributed by atoms with Gasteiger partial charge in [-0.1, -0.05) is 30.3 Å². The summed E-state index contributed by atoms with van der Waals surface area (Å²) >= 11 is 0. The first-order valence-corrected chi connectivity index (χ1v) is 5.91. The highest BCUT2D eigenvalue weighted by molar-refractivity contribution is 5.89. The predicted molar refractivity (Wildman–Crippen MR) is 71.2 cm³/mol. The third-order valence-corrected chi connectivity index (χ3v) is 2.69. The van der Waals surface area contributed by atoms with E-state index in [0.29, 0.717) is 11.1 Å². The van der Waals surface area contributed by atoms with Crippen molar-refractivity contribution < 1.29 is 18.0 Å². The van der Waals surface area contributed by atoms with Crippen molar-refractivity contribution in [1.29, 1.82) is 0 Å². The summed E-state index contributed by atoms with van der Waals surface area (Å²) in [5.74, 6) is -0.414. The van der Waals surface area contributed by atoms with Crippen LogP contribution in [0.4, 0.5) is 18.9 Å². The monoisotopic (exact) mass is 279 g/mol. The minimum Gasteiger partial charge on any atom is -0.326 e. The van der Waals surface area contributed by atoms with Crippen LogP contribution in [0.25, 0.3) is 11.1 Å². The number of hydrogen-bond acceptors (Lipinski definition) is 1. The highest BCUT2D eigenvalue weighted by Crippen LogP contribution is 2.34. The van der Waals surface area contributed by atoms with Gasteiger partial charge in [0.2, 0.25) is 5.91 Å². The average Bonchev–Trinajstić information content (AvgIpc) is 2.37. The molecule has 20 heavy (non-hydrogen) atoms. The Morgan fingerprint density at radius 1 is 1.00 bits per heavy atom. The SMILES string of the molecule is CC(=O)Nc1cc(-c2ccccc2)cc(C(F)(F)F)c1. The third-order valence-electron chi connectivity index (χ3n) is 2.69. The fraction of sp³-hybridized carbons (Fsp3) is 0.133. The molecule has 2 nitrogen and oxygen atoms in total. The van der Waals surface area contributed by atoms with Gasteiger partial charge in [-0.3, -0.25) is 4.79 Å². The molecule has 0 atom stereocenters. The second-order valence-electron chi connectivity index (χ2n) is 4.34. The fourth-order valence-corrected chi connectivity index (χ4v) is 1.86.